The summed E-state index contributed by atoms with van der Waals surface area (Å²) in [6.07, 6.45) is 0.0797. The monoisotopic (exact) mass is 485 g/mol. The lowest BCUT2D eigenvalue weighted by molar-refractivity contribution is -0.142. The van der Waals surface area contributed by atoms with Crippen LogP contribution in [0.4, 0.5) is 10.8 Å². The molecular formula is C23H23N3O5S2. The first kappa shape index (κ1) is 24.3. The van der Waals surface area contributed by atoms with Gasteiger partial charge in [-0.2, -0.15) is 0 Å². The highest BCUT2D eigenvalue weighted by molar-refractivity contribution is 8.00. The van der Waals surface area contributed by atoms with Gasteiger partial charge < -0.3 is 20.1 Å². The highest BCUT2D eigenvalue weighted by Gasteiger charge is 2.11. The number of nitrogens with zero attached hydrogens (tertiary/aromatic N) is 1. The lowest BCUT2D eigenvalue weighted by Crippen LogP contribution is -2.14. The second-order valence-electron chi connectivity index (χ2n) is 6.67. The normalized spacial score (nSPS) is 10.4. The molecule has 0 aliphatic rings. The molecule has 10 heteroatoms. The molecule has 0 unspecified atom stereocenters. The van der Waals surface area contributed by atoms with Gasteiger partial charge in [-0.05, 0) is 55.5 Å². The summed E-state index contributed by atoms with van der Waals surface area (Å²) in [6, 6.07) is 14.1. The first-order chi connectivity index (χ1) is 16.0. The van der Waals surface area contributed by atoms with Gasteiger partial charge in [0.2, 0.25) is 5.91 Å². The Morgan fingerprint density at radius 2 is 1.76 bits per heavy atom. The Morgan fingerprint density at radius 1 is 1.03 bits per heavy atom. The Hall–Kier alpha value is -3.37. The molecule has 33 heavy (non-hydrogen) atoms. The molecule has 2 N–H and O–H groups in total. The van der Waals surface area contributed by atoms with Crippen molar-refractivity contribution in [2.24, 2.45) is 0 Å². The molecule has 3 rings (SSSR count). The fourth-order valence-electron chi connectivity index (χ4n) is 2.69. The molecule has 0 bridgehead atoms. The molecule has 2 aromatic carbocycles. The second-order valence-corrected chi connectivity index (χ2v) is 8.58. The molecule has 0 saturated carbocycles. The van der Waals surface area contributed by atoms with Crippen LogP contribution in [0, 0.1) is 0 Å². The molecule has 8 nitrogen and oxygen atoms in total. The number of thioether (sulfide) groups is 1. The van der Waals surface area contributed by atoms with Gasteiger partial charge in [-0.1, -0.05) is 0 Å². The van der Waals surface area contributed by atoms with Crippen LogP contribution in [0.15, 0.2) is 58.8 Å². The average molecular weight is 486 g/mol. The van der Waals surface area contributed by atoms with Gasteiger partial charge >= 0.3 is 5.97 Å². The van der Waals surface area contributed by atoms with Crippen LogP contribution >= 0.6 is 23.1 Å². The zero-order chi connectivity index (χ0) is 23.6. The number of methoxy groups -OCH3 is 1. The number of hydrogen-bond donors (Lipinski definition) is 2. The minimum atomic E-state index is -0.347. The lowest BCUT2D eigenvalue weighted by Gasteiger charge is -2.07. The smallest absolute Gasteiger partial charge is 0.311 e. The number of esters is 1. The number of carbonyl (C=O) groups excluding carboxylic acids is 3. The third-order valence-electron chi connectivity index (χ3n) is 4.26. The minimum absolute atomic E-state index is 0.0797. The van der Waals surface area contributed by atoms with E-state index in [-0.39, 0.29) is 30.0 Å². The van der Waals surface area contributed by atoms with Crippen LogP contribution in [-0.2, 0) is 20.7 Å². The van der Waals surface area contributed by atoms with Gasteiger partial charge in [0, 0.05) is 21.5 Å². The van der Waals surface area contributed by atoms with E-state index in [4.69, 9.17) is 9.47 Å². The predicted octanol–water partition coefficient (Wildman–Crippen LogP) is 4.24. The molecule has 1 heterocycles. The van der Waals surface area contributed by atoms with Crippen molar-refractivity contribution in [3.63, 3.8) is 0 Å². The van der Waals surface area contributed by atoms with E-state index in [2.05, 4.69) is 15.6 Å². The summed E-state index contributed by atoms with van der Waals surface area (Å²) < 4.78 is 9.99. The molecule has 1 aromatic heterocycles. The van der Waals surface area contributed by atoms with Gasteiger partial charge in [-0.15, -0.1) is 23.1 Å². The van der Waals surface area contributed by atoms with Crippen molar-refractivity contribution >= 4 is 51.7 Å². The largest absolute Gasteiger partial charge is 0.497 e. The van der Waals surface area contributed by atoms with Gasteiger partial charge in [-0.3, -0.25) is 14.4 Å². The first-order valence-corrected chi connectivity index (χ1v) is 11.9. The Bertz CT molecular complexity index is 1100. The van der Waals surface area contributed by atoms with Gasteiger partial charge in [0.05, 0.1) is 31.6 Å². The summed E-state index contributed by atoms with van der Waals surface area (Å²) in [7, 11) is 1.57. The zero-order valence-electron chi connectivity index (χ0n) is 18.1. The van der Waals surface area contributed by atoms with Crippen molar-refractivity contribution in [1.29, 1.82) is 0 Å². The van der Waals surface area contributed by atoms with Crippen LogP contribution in [0.25, 0.3) is 0 Å². The highest BCUT2D eigenvalue weighted by Crippen LogP contribution is 2.22. The van der Waals surface area contributed by atoms with Crippen molar-refractivity contribution < 1.29 is 23.9 Å². The lowest BCUT2D eigenvalue weighted by atomic mass is 10.2. The van der Waals surface area contributed by atoms with Crippen LogP contribution in [0.3, 0.4) is 0 Å². The Balaban J connectivity index is 1.45. The first-order valence-electron chi connectivity index (χ1n) is 10.0. The molecule has 0 saturated heterocycles. The molecule has 0 aliphatic heterocycles. The summed E-state index contributed by atoms with van der Waals surface area (Å²) in [5.41, 5.74) is 1.74. The van der Waals surface area contributed by atoms with E-state index in [9.17, 15) is 14.4 Å². The van der Waals surface area contributed by atoms with E-state index >= 15 is 0 Å². The Morgan fingerprint density at radius 3 is 2.42 bits per heavy atom. The maximum atomic E-state index is 12.3. The number of rotatable bonds is 10. The summed E-state index contributed by atoms with van der Waals surface area (Å²) in [6.45, 7) is 2.06. The summed E-state index contributed by atoms with van der Waals surface area (Å²) in [5, 5.41) is 7.73. The number of benzene rings is 2. The molecular weight excluding hydrogens is 462 g/mol. The minimum Gasteiger partial charge on any atom is -0.497 e. The quantitative estimate of drug-likeness (QED) is 0.327. The maximum absolute atomic E-state index is 12.3. The van der Waals surface area contributed by atoms with E-state index in [0.717, 1.165) is 4.90 Å². The maximum Gasteiger partial charge on any atom is 0.311 e. The third-order valence-corrected chi connectivity index (χ3v) is 6.08. The van der Waals surface area contributed by atoms with Crippen molar-refractivity contribution in [2.45, 2.75) is 18.2 Å². The van der Waals surface area contributed by atoms with E-state index in [1.165, 1.54) is 23.1 Å². The molecule has 0 radical (unpaired) electrons. The molecule has 0 fully saturated rings. The standard InChI is InChI=1S/C23H23N3O5S2/c1-3-31-21(28)12-17-13-33-23(25-17)26-20(27)14-32-19-10-6-16(7-11-19)24-22(29)15-4-8-18(30-2)9-5-15/h4-11,13H,3,12,14H2,1-2H3,(H,24,29)(H,25,26,27). The van der Waals surface area contributed by atoms with Crippen LogP contribution in [0.5, 0.6) is 5.75 Å². The van der Waals surface area contributed by atoms with Crippen LogP contribution < -0.4 is 15.4 Å². The highest BCUT2D eigenvalue weighted by atomic mass is 32.2. The third kappa shape index (κ3) is 7.62. The predicted molar refractivity (Wildman–Crippen MR) is 129 cm³/mol. The molecule has 0 spiro atoms. The van der Waals surface area contributed by atoms with Gasteiger partial charge in [-0.25, -0.2) is 4.98 Å². The summed E-state index contributed by atoms with van der Waals surface area (Å²) >= 11 is 2.62. The number of ether oxygens (including phenoxy) is 2. The fraction of sp³-hybridized carbons (Fsp3) is 0.217. The molecule has 0 aliphatic carbocycles. The number of carbonyl (C=O) groups is 3. The zero-order valence-corrected chi connectivity index (χ0v) is 19.8. The average Bonchev–Trinajstić information content (AvgIpc) is 3.25. The van der Waals surface area contributed by atoms with Crippen molar-refractivity contribution in [3.8, 4) is 5.75 Å². The van der Waals surface area contributed by atoms with Crippen molar-refractivity contribution in [2.75, 3.05) is 30.1 Å². The van der Waals surface area contributed by atoms with Crippen molar-refractivity contribution in [1.82, 2.24) is 4.98 Å². The number of anilines is 2. The Labute approximate surface area is 199 Å². The van der Waals surface area contributed by atoms with Crippen molar-refractivity contribution in [3.05, 3.63) is 65.2 Å². The number of hydrogen-bond acceptors (Lipinski definition) is 8. The van der Waals surface area contributed by atoms with Gasteiger partial charge in [0.1, 0.15) is 5.75 Å². The van der Waals surface area contributed by atoms with E-state index in [1.54, 1.807) is 55.8 Å². The molecule has 172 valence electrons. The molecule has 0 atom stereocenters. The van der Waals surface area contributed by atoms with E-state index in [1.807, 2.05) is 12.1 Å². The van der Waals surface area contributed by atoms with Gasteiger partial charge in [0.25, 0.3) is 5.91 Å². The number of amides is 2. The van der Waals surface area contributed by atoms with Gasteiger partial charge in [0.15, 0.2) is 5.13 Å². The van der Waals surface area contributed by atoms with Crippen LogP contribution in [0.1, 0.15) is 23.0 Å². The van der Waals surface area contributed by atoms with Crippen LogP contribution in [0.2, 0.25) is 0 Å². The van der Waals surface area contributed by atoms with E-state index < -0.39 is 0 Å². The Kier molecular flexibility index (Phi) is 8.85. The number of aromatic nitrogens is 1. The fourth-order valence-corrected chi connectivity index (χ4v) is 4.11. The van der Waals surface area contributed by atoms with Crippen LogP contribution in [-0.4, -0.2) is 42.2 Å². The summed E-state index contributed by atoms with van der Waals surface area (Å²) in [5.74, 6) is 0.116. The second kappa shape index (κ2) is 12.0. The summed E-state index contributed by atoms with van der Waals surface area (Å²) in [4.78, 5) is 41.2. The number of thiazole rings is 1. The molecule has 2 amide bonds. The number of nitrogens with one attached hydrogen (secondary N) is 2. The molecule has 3 aromatic rings. The topological polar surface area (TPSA) is 107 Å². The SMILES string of the molecule is CCOC(=O)Cc1csc(NC(=O)CSc2ccc(NC(=O)c3ccc(OC)cc3)cc2)n1. The van der Waals surface area contributed by atoms with E-state index in [0.29, 0.717) is 34.4 Å².